The second-order valence-electron chi connectivity index (χ2n) is 2.86. The Bertz CT molecular complexity index is 94.1. The second-order valence-corrected chi connectivity index (χ2v) is 4.01. The normalized spacial score (nSPS) is 24.3. The van der Waals surface area contributed by atoms with Crippen LogP contribution < -0.4 is 5.32 Å². The first kappa shape index (κ1) is 9.36. The van der Waals surface area contributed by atoms with Gasteiger partial charge in [-0.05, 0) is 19.4 Å². The van der Waals surface area contributed by atoms with Gasteiger partial charge >= 0.3 is 0 Å². The Morgan fingerprint density at radius 1 is 1.64 bits per heavy atom. The van der Waals surface area contributed by atoms with Crippen LogP contribution >= 0.6 is 11.8 Å². The smallest absolute Gasteiger partial charge is 0.0552 e. The standard InChI is InChI=1S/C8H17NOS/c1-10-5-6-11-7-8-3-2-4-9-8/h8-9H,2-7H2,1H3/t8-/m0/s1. The Morgan fingerprint density at radius 3 is 3.18 bits per heavy atom. The quantitative estimate of drug-likeness (QED) is 0.633. The maximum Gasteiger partial charge on any atom is 0.0552 e. The molecule has 0 unspecified atom stereocenters. The third-order valence-corrected chi connectivity index (χ3v) is 3.01. The molecule has 0 radical (unpaired) electrons. The van der Waals surface area contributed by atoms with Crippen LogP contribution in [0.5, 0.6) is 0 Å². The van der Waals surface area contributed by atoms with Crippen molar-refractivity contribution < 1.29 is 4.74 Å². The summed E-state index contributed by atoms with van der Waals surface area (Å²) in [6, 6.07) is 0.775. The molecule has 1 saturated heterocycles. The van der Waals surface area contributed by atoms with Gasteiger partial charge in [-0.2, -0.15) is 11.8 Å². The van der Waals surface area contributed by atoms with Crippen molar-refractivity contribution in [3.63, 3.8) is 0 Å². The van der Waals surface area contributed by atoms with Crippen molar-refractivity contribution in [3.8, 4) is 0 Å². The van der Waals surface area contributed by atoms with E-state index in [0.717, 1.165) is 18.4 Å². The molecule has 0 bridgehead atoms. The number of hydrogen-bond acceptors (Lipinski definition) is 3. The molecule has 2 nitrogen and oxygen atoms in total. The molecule has 0 amide bonds. The van der Waals surface area contributed by atoms with Crippen LogP contribution in [0, 0.1) is 0 Å². The van der Waals surface area contributed by atoms with E-state index in [0.29, 0.717) is 0 Å². The van der Waals surface area contributed by atoms with E-state index in [9.17, 15) is 0 Å². The van der Waals surface area contributed by atoms with Crippen molar-refractivity contribution in [2.45, 2.75) is 18.9 Å². The lowest BCUT2D eigenvalue weighted by Gasteiger charge is -2.08. The second kappa shape index (κ2) is 5.86. The molecule has 1 heterocycles. The molecule has 0 aromatic carbocycles. The van der Waals surface area contributed by atoms with Crippen LogP contribution in [0.2, 0.25) is 0 Å². The van der Waals surface area contributed by atoms with Crippen molar-refractivity contribution in [1.82, 2.24) is 5.32 Å². The first-order valence-electron chi connectivity index (χ1n) is 4.23. The van der Waals surface area contributed by atoms with Gasteiger partial charge in [-0.1, -0.05) is 0 Å². The van der Waals surface area contributed by atoms with E-state index in [2.05, 4.69) is 5.32 Å². The maximum absolute atomic E-state index is 4.97. The van der Waals surface area contributed by atoms with Gasteiger partial charge in [0, 0.05) is 24.7 Å². The molecule has 1 fully saturated rings. The van der Waals surface area contributed by atoms with Crippen molar-refractivity contribution >= 4 is 11.8 Å². The lowest BCUT2D eigenvalue weighted by molar-refractivity contribution is 0.218. The largest absolute Gasteiger partial charge is 0.384 e. The molecule has 1 aliphatic rings. The Kier molecular flexibility index (Phi) is 4.99. The van der Waals surface area contributed by atoms with E-state index in [1.54, 1.807) is 7.11 Å². The van der Waals surface area contributed by atoms with E-state index in [1.165, 1.54) is 25.1 Å². The summed E-state index contributed by atoms with van der Waals surface area (Å²) in [6.45, 7) is 2.10. The highest BCUT2D eigenvalue weighted by molar-refractivity contribution is 7.99. The van der Waals surface area contributed by atoms with Gasteiger partial charge in [0.05, 0.1) is 6.61 Å². The third kappa shape index (κ3) is 3.99. The van der Waals surface area contributed by atoms with Crippen molar-refractivity contribution in [1.29, 1.82) is 0 Å². The van der Waals surface area contributed by atoms with Gasteiger partial charge in [0.25, 0.3) is 0 Å². The molecular weight excluding hydrogens is 158 g/mol. The van der Waals surface area contributed by atoms with Crippen LogP contribution in [0.25, 0.3) is 0 Å². The van der Waals surface area contributed by atoms with E-state index < -0.39 is 0 Å². The minimum absolute atomic E-state index is 0.775. The zero-order chi connectivity index (χ0) is 7.94. The Hall–Kier alpha value is 0.270. The maximum atomic E-state index is 4.97. The lowest BCUT2D eigenvalue weighted by atomic mass is 10.3. The first-order valence-corrected chi connectivity index (χ1v) is 5.39. The van der Waals surface area contributed by atoms with Gasteiger partial charge in [0.1, 0.15) is 0 Å². The van der Waals surface area contributed by atoms with Crippen LogP contribution in [0.3, 0.4) is 0 Å². The fourth-order valence-corrected chi connectivity index (χ4v) is 2.29. The number of hydrogen-bond donors (Lipinski definition) is 1. The van der Waals surface area contributed by atoms with Gasteiger partial charge in [0.15, 0.2) is 0 Å². The highest BCUT2D eigenvalue weighted by atomic mass is 32.2. The molecule has 66 valence electrons. The summed E-state index contributed by atoms with van der Waals surface area (Å²) in [5.74, 6) is 2.39. The Morgan fingerprint density at radius 2 is 2.55 bits per heavy atom. The van der Waals surface area contributed by atoms with E-state index >= 15 is 0 Å². The van der Waals surface area contributed by atoms with E-state index in [1.807, 2.05) is 11.8 Å². The summed E-state index contributed by atoms with van der Waals surface area (Å²) < 4.78 is 4.97. The highest BCUT2D eigenvalue weighted by Gasteiger charge is 2.12. The number of thioether (sulfide) groups is 1. The molecular formula is C8H17NOS. The van der Waals surface area contributed by atoms with Crippen molar-refractivity contribution in [2.24, 2.45) is 0 Å². The van der Waals surface area contributed by atoms with Crippen LogP contribution in [-0.2, 0) is 4.74 Å². The van der Waals surface area contributed by atoms with Gasteiger partial charge in [0.2, 0.25) is 0 Å². The average Bonchev–Trinajstić information content (AvgIpc) is 2.50. The summed E-state index contributed by atoms with van der Waals surface area (Å²) in [5.41, 5.74) is 0. The number of ether oxygens (including phenoxy) is 1. The SMILES string of the molecule is COCCSC[C@@H]1CCCN1. The minimum Gasteiger partial charge on any atom is -0.384 e. The van der Waals surface area contributed by atoms with Crippen molar-refractivity contribution in [3.05, 3.63) is 0 Å². The van der Waals surface area contributed by atoms with Crippen LogP contribution in [0.15, 0.2) is 0 Å². The number of rotatable bonds is 5. The molecule has 1 rings (SSSR count). The fourth-order valence-electron chi connectivity index (χ4n) is 1.27. The Labute approximate surface area is 73.1 Å². The van der Waals surface area contributed by atoms with Crippen molar-refractivity contribution in [2.75, 3.05) is 31.8 Å². The molecule has 1 atom stereocenters. The number of nitrogens with one attached hydrogen (secondary N) is 1. The predicted molar refractivity (Wildman–Crippen MR) is 50.2 cm³/mol. The molecule has 1 N–H and O–H groups in total. The topological polar surface area (TPSA) is 21.3 Å². The first-order chi connectivity index (χ1) is 5.43. The van der Waals surface area contributed by atoms with Gasteiger partial charge < -0.3 is 10.1 Å². The van der Waals surface area contributed by atoms with Gasteiger partial charge in [-0.25, -0.2) is 0 Å². The molecule has 3 heteroatoms. The zero-order valence-corrected chi connectivity index (χ0v) is 7.95. The summed E-state index contributed by atoms with van der Waals surface area (Å²) in [4.78, 5) is 0. The number of methoxy groups -OCH3 is 1. The fraction of sp³-hybridized carbons (Fsp3) is 1.00. The molecule has 0 spiro atoms. The summed E-state index contributed by atoms with van der Waals surface area (Å²) in [7, 11) is 1.76. The molecule has 0 aromatic heterocycles. The summed E-state index contributed by atoms with van der Waals surface area (Å²) in [6.07, 6.45) is 2.72. The highest BCUT2D eigenvalue weighted by Crippen LogP contribution is 2.11. The Balaban J connectivity index is 1.86. The molecule has 0 aromatic rings. The minimum atomic E-state index is 0.775. The van der Waals surface area contributed by atoms with Gasteiger partial charge in [-0.3, -0.25) is 0 Å². The molecule has 11 heavy (non-hydrogen) atoms. The zero-order valence-electron chi connectivity index (χ0n) is 7.14. The predicted octanol–water partition coefficient (Wildman–Crippen LogP) is 1.12. The molecule has 0 saturated carbocycles. The molecule has 0 aliphatic carbocycles. The lowest BCUT2D eigenvalue weighted by Crippen LogP contribution is -2.23. The summed E-state index contributed by atoms with van der Waals surface area (Å²) >= 11 is 1.99. The molecule has 1 aliphatic heterocycles. The van der Waals surface area contributed by atoms with Crippen LogP contribution in [-0.4, -0.2) is 37.8 Å². The average molecular weight is 175 g/mol. The van der Waals surface area contributed by atoms with Gasteiger partial charge in [-0.15, -0.1) is 0 Å². The monoisotopic (exact) mass is 175 g/mol. The summed E-state index contributed by atoms with van der Waals surface area (Å²) in [5, 5.41) is 3.47. The van der Waals surface area contributed by atoms with Crippen LogP contribution in [0.1, 0.15) is 12.8 Å². The van der Waals surface area contributed by atoms with E-state index in [-0.39, 0.29) is 0 Å². The van der Waals surface area contributed by atoms with Crippen LogP contribution in [0.4, 0.5) is 0 Å². The third-order valence-electron chi connectivity index (χ3n) is 1.91. The van der Waals surface area contributed by atoms with E-state index in [4.69, 9.17) is 4.74 Å².